The van der Waals surface area contributed by atoms with Crippen molar-refractivity contribution in [2.75, 3.05) is 13.1 Å². The topological polar surface area (TPSA) is 46.3 Å². The molecule has 0 spiro atoms. The zero-order valence-corrected chi connectivity index (χ0v) is 13.4. The van der Waals surface area contributed by atoms with E-state index in [9.17, 15) is 4.79 Å². The zero-order valence-electron chi connectivity index (χ0n) is 13.4. The second-order valence-electron chi connectivity index (χ2n) is 7.23. The van der Waals surface area contributed by atoms with Gasteiger partial charge in [0.1, 0.15) is 0 Å². The fourth-order valence-corrected chi connectivity index (χ4v) is 2.89. The number of amides is 1. The molecule has 0 aromatic heterocycles. The minimum Gasteiger partial charge on any atom is -0.341 e. The number of hydrogen-bond donors (Lipinski definition) is 1. The predicted molar refractivity (Wildman–Crippen MR) is 80.8 cm³/mol. The summed E-state index contributed by atoms with van der Waals surface area (Å²) >= 11 is 0. The van der Waals surface area contributed by atoms with Crippen LogP contribution in [0.15, 0.2) is 0 Å². The summed E-state index contributed by atoms with van der Waals surface area (Å²) in [4.78, 5) is 14.4. The fraction of sp³-hybridized carbons (Fsp3) is 0.938. The lowest BCUT2D eigenvalue weighted by molar-refractivity contribution is -0.133. The van der Waals surface area contributed by atoms with Crippen LogP contribution in [-0.2, 0) is 4.79 Å². The van der Waals surface area contributed by atoms with Gasteiger partial charge in [0.25, 0.3) is 0 Å². The van der Waals surface area contributed by atoms with Gasteiger partial charge < -0.3 is 10.6 Å². The van der Waals surface area contributed by atoms with Gasteiger partial charge in [-0.15, -0.1) is 0 Å². The highest BCUT2D eigenvalue weighted by atomic mass is 16.2. The molecule has 112 valence electrons. The van der Waals surface area contributed by atoms with Crippen molar-refractivity contribution in [2.24, 2.45) is 23.0 Å². The molecule has 0 radical (unpaired) electrons. The molecule has 3 atom stereocenters. The van der Waals surface area contributed by atoms with Crippen LogP contribution in [0, 0.1) is 17.3 Å². The molecule has 0 aromatic rings. The van der Waals surface area contributed by atoms with Crippen LogP contribution < -0.4 is 5.73 Å². The smallest absolute Gasteiger partial charge is 0.239 e. The van der Waals surface area contributed by atoms with Crippen LogP contribution in [0.2, 0.25) is 0 Å². The molecule has 1 fully saturated rings. The van der Waals surface area contributed by atoms with E-state index in [4.69, 9.17) is 5.73 Å². The summed E-state index contributed by atoms with van der Waals surface area (Å²) in [5.74, 6) is 1.14. The van der Waals surface area contributed by atoms with Crippen LogP contribution >= 0.6 is 0 Å². The van der Waals surface area contributed by atoms with Crippen molar-refractivity contribution in [3.8, 4) is 0 Å². The van der Waals surface area contributed by atoms with Crippen molar-refractivity contribution in [1.82, 2.24) is 4.90 Å². The van der Waals surface area contributed by atoms with Gasteiger partial charge in [0.05, 0.1) is 6.04 Å². The third kappa shape index (κ3) is 4.48. The first-order valence-corrected chi connectivity index (χ1v) is 7.81. The SMILES string of the molecule is CCC(C)[C@H](N)C(=O)N1CCCC(C(C)(C)C)CC1. The molecule has 1 rings (SSSR count). The molecule has 0 aromatic carbocycles. The maximum absolute atomic E-state index is 12.4. The van der Waals surface area contributed by atoms with E-state index in [-0.39, 0.29) is 17.9 Å². The number of rotatable bonds is 3. The molecule has 1 aliphatic rings. The lowest BCUT2D eigenvalue weighted by Gasteiger charge is -2.30. The van der Waals surface area contributed by atoms with Crippen LogP contribution in [0.25, 0.3) is 0 Å². The van der Waals surface area contributed by atoms with E-state index in [1.165, 1.54) is 6.42 Å². The highest BCUT2D eigenvalue weighted by Crippen LogP contribution is 2.34. The maximum atomic E-state index is 12.4. The first-order valence-electron chi connectivity index (χ1n) is 7.81. The molecule has 0 saturated carbocycles. The number of nitrogens with two attached hydrogens (primary N) is 1. The van der Waals surface area contributed by atoms with Crippen LogP contribution in [0.1, 0.15) is 60.3 Å². The molecule has 1 aliphatic heterocycles. The van der Waals surface area contributed by atoms with Crippen LogP contribution in [-0.4, -0.2) is 29.9 Å². The molecule has 2 unspecified atom stereocenters. The average Bonchev–Trinajstić information content (AvgIpc) is 2.61. The van der Waals surface area contributed by atoms with Gasteiger partial charge in [0.2, 0.25) is 5.91 Å². The van der Waals surface area contributed by atoms with Gasteiger partial charge in [-0.2, -0.15) is 0 Å². The maximum Gasteiger partial charge on any atom is 0.239 e. The van der Waals surface area contributed by atoms with Gasteiger partial charge in [-0.3, -0.25) is 4.79 Å². The first-order chi connectivity index (χ1) is 8.77. The van der Waals surface area contributed by atoms with E-state index < -0.39 is 0 Å². The Balaban J connectivity index is 2.60. The van der Waals surface area contributed by atoms with Gasteiger partial charge >= 0.3 is 0 Å². The number of hydrogen-bond acceptors (Lipinski definition) is 2. The Hall–Kier alpha value is -0.570. The number of carbonyl (C=O) groups excluding carboxylic acids is 1. The summed E-state index contributed by atoms with van der Waals surface area (Å²) < 4.78 is 0. The molecule has 3 heteroatoms. The highest BCUT2D eigenvalue weighted by Gasteiger charge is 2.30. The van der Waals surface area contributed by atoms with Crippen molar-refractivity contribution >= 4 is 5.91 Å². The summed E-state index contributed by atoms with van der Waals surface area (Å²) in [6.45, 7) is 12.8. The van der Waals surface area contributed by atoms with Crippen molar-refractivity contribution in [2.45, 2.75) is 66.3 Å². The molecule has 1 heterocycles. The van der Waals surface area contributed by atoms with Crippen LogP contribution in [0.3, 0.4) is 0 Å². The van der Waals surface area contributed by atoms with Crippen molar-refractivity contribution < 1.29 is 4.79 Å². The standard InChI is InChI=1S/C16H32N2O/c1-6-12(2)14(17)15(19)18-10-7-8-13(9-11-18)16(3,4)5/h12-14H,6-11,17H2,1-5H3/t12?,13?,14-/m0/s1. The molecular weight excluding hydrogens is 236 g/mol. The zero-order chi connectivity index (χ0) is 14.6. The molecular formula is C16H32N2O. The second kappa shape index (κ2) is 6.74. The predicted octanol–water partition coefficient (Wildman–Crippen LogP) is 3.03. The molecule has 1 saturated heterocycles. The lowest BCUT2D eigenvalue weighted by atomic mass is 9.77. The molecule has 0 bridgehead atoms. The summed E-state index contributed by atoms with van der Waals surface area (Å²) in [5.41, 5.74) is 6.43. The van der Waals surface area contributed by atoms with E-state index >= 15 is 0 Å². The third-order valence-electron chi connectivity index (χ3n) is 4.81. The lowest BCUT2D eigenvalue weighted by Crippen LogP contribution is -2.47. The normalized spacial score (nSPS) is 24.7. The Morgan fingerprint density at radius 2 is 1.95 bits per heavy atom. The summed E-state index contributed by atoms with van der Waals surface area (Å²) in [5, 5.41) is 0. The van der Waals surface area contributed by atoms with Gasteiger partial charge in [-0.1, -0.05) is 41.0 Å². The van der Waals surface area contributed by atoms with Gasteiger partial charge in [-0.05, 0) is 36.5 Å². The first kappa shape index (κ1) is 16.5. The monoisotopic (exact) mass is 268 g/mol. The van der Waals surface area contributed by atoms with Crippen LogP contribution in [0.4, 0.5) is 0 Å². The second-order valence-corrected chi connectivity index (χ2v) is 7.23. The number of nitrogens with zero attached hydrogens (tertiary/aromatic N) is 1. The highest BCUT2D eigenvalue weighted by molar-refractivity contribution is 5.82. The fourth-order valence-electron chi connectivity index (χ4n) is 2.89. The number of likely N-dealkylation sites (tertiary alicyclic amines) is 1. The Bertz CT molecular complexity index is 296. The Morgan fingerprint density at radius 3 is 2.47 bits per heavy atom. The van der Waals surface area contributed by atoms with E-state index in [1.807, 2.05) is 4.90 Å². The van der Waals surface area contributed by atoms with Crippen molar-refractivity contribution in [1.29, 1.82) is 0 Å². The summed E-state index contributed by atoms with van der Waals surface area (Å²) in [7, 11) is 0. The number of carbonyl (C=O) groups is 1. The van der Waals surface area contributed by atoms with Crippen LogP contribution in [0.5, 0.6) is 0 Å². The van der Waals surface area contributed by atoms with E-state index in [0.29, 0.717) is 11.3 Å². The van der Waals surface area contributed by atoms with E-state index in [1.54, 1.807) is 0 Å². The summed E-state index contributed by atoms with van der Waals surface area (Å²) in [6, 6.07) is -0.323. The van der Waals surface area contributed by atoms with Gasteiger partial charge in [0.15, 0.2) is 0 Å². The van der Waals surface area contributed by atoms with E-state index in [2.05, 4.69) is 34.6 Å². The Labute approximate surface area is 118 Å². The van der Waals surface area contributed by atoms with E-state index in [0.717, 1.165) is 32.4 Å². The summed E-state index contributed by atoms with van der Waals surface area (Å²) in [6.07, 6.45) is 4.42. The van der Waals surface area contributed by atoms with Gasteiger partial charge in [-0.25, -0.2) is 0 Å². The largest absolute Gasteiger partial charge is 0.341 e. The minimum absolute atomic E-state index is 0.156. The Morgan fingerprint density at radius 1 is 1.32 bits per heavy atom. The van der Waals surface area contributed by atoms with Gasteiger partial charge in [0, 0.05) is 13.1 Å². The molecule has 0 aliphatic carbocycles. The van der Waals surface area contributed by atoms with Crippen molar-refractivity contribution in [3.05, 3.63) is 0 Å². The molecule has 1 amide bonds. The van der Waals surface area contributed by atoms with Crippen molar-refractivity contribution in [3.63, 3.8) is 0 Å². The Kier molecular flexibility index (Phi) is 5.84. The molecule has 3 nitrogen and oxygen atoms in total. The quantitative estimate of drug-likeness (QED) is 0.855. The third-order valence-corrected chi connectivity index (χ3v) is 4.81. The molecule has 19 heavy (non-hydrogen) atoms. The minimum atomic E-state index is -0.323. The molecule has 2 N–H and O–H groups in total. The average molecular weight is 268 g/mol.